The van der Waals surface area contributed by atoms with Crippen LogP contribution in [0.3, 0.4) is 0 Å². The van der Waals surface area contributed by atoms with Crippen molar-refractivity contribution < 1.29 is 0 Å². The van der Waals surface area contributed by atoms with E-state index in [1.54, 1.807) is 0 Å². The minimum Gasteiger partial charge on any atom is -0.151 e. The van der Waals surface area contributed by atoms with E-state index in [9.17, 15) is 0 Å². The predicted molar refractivity (Wildman–Crippen MR) is 39.0 cm³/mol. The van der Waals surface area contributed by atoms with Gasteiger partial charge in [-0.3, -0.25) is 0 Å². The first kappa shape index (κ1) is 5.83. The zero-order valence-electron chi connectivity index (χ0n) is 4.52. The van der Waals surface area contributed by atoms with Gasteiger partial charge in [-0.15, -0.1) is 11.8 Å². The lowest BCUT2D eigenvalue weighted by Crippen LogP contribution is -2.03. The Balaban J connectivity index is 2.12. The number of hydrogen-bond donors (Lipinski definition) is 0. The molecule has 0 nitrogen and oxygen atoms in total. The Kier molecular flexibility index (Phi) is 2.40. The third-order valence-corrected chi connectivity index (χ3v) is 3.64. The van der Waals surface area contributed by atoms with Crippen molar-refractivity contribution in [3.63, 3.8) is 0 Å². The third kappa shape index (κ3) is 1.96. The molecule has 1 rings (SSSR count). The second kappa shape index (κ2) is 2.88. The molecule has 0 amide bonds. The average molecular weight is 134 g/mol. The first-order valence-corrected chi connectivity index (χ1v) is 4.79. The van der Waals surface area contributed by atoms with Crippen LogP contribution in [0.2, 0.25) is 0 Å². The van der Waals surface area contributed by atoms with E-state index in [0.717, 1.165) is 5.25 Å². The van der Waals surface area contributed by atoms with Gasteiger partial charge in [0.2, 0.25) is 0 Å². The van der Waals surface area contributed by atoms with Crippen molar-refractivity contribution in [2.24, 2.45) is 0 Å². The maximum absolute atomic E-state index is 2.31. The van der Waals surface area contributed by atoms with Crippen LogP contribution in [0.25, 0.3) is 0 Å². The van der Waals surface area contributed by atoms with Gasteiger partial charge in [0.15, 0.2) is 0 Å². The van der Waals surface area contributed by atoms with Crippen LogP contribution < -0.4 is 0 Å². The molecule has 42 valence electrons. The van der Waals surface area contributed by atoms with E-state index in [-0.39, 0.29) is 0 Å². The van der Waals surface area contributed by atoms with Crippen LogP contribution in [0.15, 0.2) is 0 Å². The molecule has 0 saturated carbocycles. The van der Waals surface area contributed by atoms with Crippen LogP contribution in [0.4, 0.5) is 0 Å². The molecular formula is C5H10S2. The second-order valence-corrected chi connectivity index (χ2v) is 4.69. The van der Waals surface area contributed by atoms with Gasteiger partial charge < -0.3 is 0 Å². The van der Waals surface area contributed by atoms with Gasteiger partial charge in [-0.05, 0) is 12.2 Å². The first-order valence-electron chi connectivity index (χ1n) is 2.59. The summed E-state index contributed by atoms with van der Waals surface area (Å²) in [5, 5.41) is 2.25. The van der Waals surface area contributed by atoms with Crippen LogP contribution >= 0.6 is 23.5 Å². The molecule has 7 heavy (non-hydrogen) atoms. The fourth-order valence-corrected chi connectivity index (χ4v) is 3.30. The molecule has 0 spiro atoms. The van der Waals surface area contributed by atoms with Gasteiger partial charge in [-0.1, -0.05) is 6.92 Å². The van der Waals surface area contributed by atoms with Crippen molar-refractivity contribution in [3.8, 4) is 0 Å². The number of thioether (sulfide) groups is 2. The van der Waals surface area contributed by atoms with Crippen LogP contribution in [0, 0.1) is 0 Å². The highest BCUT2D eigenvalue weighted by Gasteiger charge is 2.06. The van der Waals surface area contributed by atoms with Crippen molar-refractivity contribution in [1.29, 1.82) is 0 Å². The summed E-state index contributed by atoms with van der Waals surface area (Å²) in [5.41, 5.74) is 0. The normalized spacial score (nSPS) is 33.0. The summed E-state index contributed by atoms with van der Waals surface area (Å²) in [4.78, 5) is 0. The predicted octanol–water partition coefficient (Wildman–Crippen LogP) is 2.20. The summed E-state index contributed by atoms with van der Waals surface area (Å²) < 4.78 is 0. The zero-order chi connectivity index (χ0) is 5.11. The second-order valence-electron chi connectivity index (χ2n) is 1.79. The lowest BCUT2D eigenvalue weighted by molar-refractivity contribution is 0.914. The minimum atomic E-state index is 0.932. The van der Waals surface area contributed by atoms with Gasteiger partial charge in [0.25, 0.3) is 0 Å². The molecule has 1 saturated heterocycles. The molecule has 1 aliphatic heterocycles. The highest BCUT2D eigenvalue weighted by molar-refractivity contribution is 8.16. The van der Waals surface area contributed by atoms with E-state index in [0.29, 0.717) is 0 Å². The van der Waals surface area contributed by atoms with E-state index in [2.05, 4.69) is 30.4 Å². The molecular weight excluding hydrogens is 124 g/mol. The fraction of sp³-hybridized carbons (Fsp3) is 1.00. The van der Waals surface area contributed by atoms with Crippen LogP contribution in [-0.4, -0.2) is 16.1 Å². The van der Waals surface area contributed by atoms with Crippen molar-refractivity contribution in [2.75, 3.05) is 10.8 Å². The molecule has 0 N–H and O–H groups in total. The Labute approximate surface area is 53.4 Å². The summed E-state index contributed by atoms with van der Waals surface area (Å²) in [6, 6.07) is 0. The molecule has 0 unspecified atom stereocenters. The first-order chi connectivity index (χ1) is 3.39. The van der Waals surface area contributed by atoms with Gasteiger partial charge in [0, 0.05) is 10.3 Å². The Bertz CT molecular complexity index is 48.0. The average Bonchev–Trinajstić information content (AvgIpc) is 1.69. The maximum atomic E-state index is 2.31. The standard InChI is InChI=1S/C5H10S2/c1-5-2-3-6-4-7-5/h5H,2-4H2,1H3/t5-/m1/s1. The summed E-state index contributed by atoms with van der Waals surface area (Å²) >= 11 is 4.14. The number of hydrogen-bond acceptors (Lipinski definition) is 2. The molecule has 1 heterocycles. The van der Waals surface area contributed by atoms with E-state index in [1.165, 1.54) is 17.3 Å². The Morgan fingerprint density at radius 3 is 2.71 bits per heavy atom. The number of rotatable bonds is 0. The third-order valence-electron chi connectivity index (χ3n) is 1.10. The SMILES string of the molecule is C[C@@H]1CCSCS1. The summed E-state index contributed by atoms with van der Waals surface area (Å²) in [6.45, 7) is 2.31. The minimum absolute atomic E-state index is 0.932. The van der Waals surface area contributed by atoms with Crippen molar-refractivity contribution in [1.82, 2.24) is 0 Å². The van der Waals surface area contributed by atoms with Crippen molar-refractivity contribution in [2.45, 2.75) is 18.6 Å². The Hall–Kier alpha value is 0.700. The van der Waals surface area contributed by atoms with Gasteiger partial charge in [-0.2, -0.15) is 11.8 Å². The van der Waals surface area contributed by atoms with Gasteiger partial charge >= 0.3 is 0 Å². The molecule has 1 aliphatic rings. The Morgan fingerprint density at radius 2 is 2.43 bits per heavy atom. The highest BCUT2D eigenvalue weighted by atomic mass is 32.2. The largest absolute Gasteiger partial charge is 0.151 e. The summed E-state index contributed by atoms with van der Waals surface area (Å²) in [6.07, 6.45) is 1.41. The van der Waals surface area contributed by atoms with Crippen molar-refractivity contribution >= 4 is 23.5 Å². The summed E-state index contributed by atoms with van der Waals surface area (Å²) in [7, 11) is 0. The monoisotopic (exact) mass is 134 g/mol. The molecule has 0 aromatic rings. The highest BCUT2D eigenvalue weighted by Crippen LogP contribution is 2.26. The lowest BCUT2D eigenvalue weighted by Gasteiger charge is -2.15. The van der Waals surface area contributed by atoms with E-state index in [1.807, 2.05) is 0 Å². The van der Waals surface area contributed by atoms with Gasteiger partial charge in [0.1, 0.15) is 0 Å². The molecule has 2 heteroatoms. The fourth-order valence-electron chi connectivity index (χ4n) is 0.556. The van der Waals surface area contributed by atoms with Crippen molar-refractivity contribution in [3.05, 3.63) is 0 Å². The van der Waals surface area contributed by atoms with Gasteiger partial charge in [-0.25, -0.2) is 0 Å². The van der Waals surface area contributed by atoms with Crippen LogP contribution in [0.5, 0.6) is 0 Å². The molecule has 0 aromatic heterocycles. The quantitative estimate of drug-likeness (QED) is 0.498. The van der Waals surface area contributed by atoms with E-state index in [4.69, 9.17) is 0 Å². The molecule has 1 fully saturated rings. The molecule has 0 bridgehead atoms. The van der Waals surface area contributed by atoms with E-state index < -0.39 is 0 Å². The summed E-state index contributed by atoms with van der Waals surface area (Å²) in [5.74, 6) is 1.38. The smallest absolute Gasteiger partial charge is 0.0394 e. The van der Waals surface area contributed by atoms with E-state index >= 15 is 0 Å². The molecule has 0 aliphatic carbocycles. The van der Waals surface area contributed by atoms with Crippen LogP contribution in [0.1, 0.15) is 13.3 Å². The Morgan fingerprint density at radius 1 is 1.57 bits per heavy atom. The molecule has 0 aromatic carbocycles. The zero-order valence-corrected chi connectivity index (χ0v) is 6.15. The van der Waals surface area contributed by atoms with Crippen LogP contribution in [-0.2, 0) is 0 Å². The topological polar surface area (TPSA) is 0 Å². The molecule has 0 radical (unpaired) electrons. The maximum Gasteiger partial charge on any atom is 0.0394 e. The molecule has 1 atom stereocenters. The van der Waals surface area contributed by atoms with Gasteiger partial charge in [0.05, 0.1) is 0 Å². The lowest BCUT2D eigenvalue weighted by atomic mass is 10.4.